The fourth-order valence-corrected chi connectivity index (χ4v) is 1.47. The standard InChI is InChI=1S/C12H11ClO4/c1-17-12(16)9-6-5-8(7-10(9)13)3-2-4-11(14)15/h2-3,5-7H,4H2,1H3,(H,14,15). The van der Waals surface area contributed by atoms with Gasteiger partial charge in [-0.25, -0.2) is 4.79 Å². The molecule has 0 aliphatic carbocycles. The van der Waals surface area contributed by atoms with E-state index in [2.05, 4.69) is 4.74 Å². The Morgan fingerprint density at radius 3 is 2.71 bits per heavy atom. The largest absolute Gasteiger partial charge is 0.481 e. The lowest BCUT2D eigenvalue weighted by Crippen LogP contribution is -2.01. The van der Waals surface area contributed by atoms with E-state index in [1.807, 2.05) is 0 Å². The molecule has 0 aromatic heterocycles. The summed E-state index contributed by atoms with van der Waals surface area (Å²) in [5, 5.41) is 8.73. The van der Waals surface area contributed by atoms with E-state index in [0.717, 1.165) is 5.56 Å². The number of aliphatic carboxylic acids is 1. The number of hydrogen-bond donors (Lipinski definition) is 1. The van der Waals surface area contributed by atoms with Gasteiger partial charge in [-0.3, -0.25) is 4.79 Å². The molecule has 17 heavy (non-hydrogen) atoms. The molecule has 5 heteroatoms. The molecule has 4 nitrogen and oxygen atoms in total. The molecule has 0 unspecified atom stereocenters. The van der Waals surface area contributed by atoms with E-state index in [1.54, 1.807) is 18.2 Å². The van der Waals surface area contributed by atoms with Crippen molar-refractivity contribution in [1.82, 2.24) is 0 Å². The molecule has 0 aliphatic heterocycles. The van der Waals surface area contributed by atoms with Gasteiger partial charge in [0.15, 0.2) is 0 Å². The first-order chi connectivity index (χ1) is 8.04. The van der Waals surface area contributed by atoms with Crippen LogP contribution in [0.1, 0.15) is 22.3 Å². The van der Waals surface area contributed by atoms with E-state index in [-0.39, 0.29) is 17.0 Å². The SMILES string of the molecule is COC(=O)c1ccc(C=CCC(=O)O)cc1Cl. The first-order valence-electron chi connectivity index (χ1n) is 4.81. The maximum absolute atomic E-state index is 11.2. The van der Waals surface area contributed by atoms with Crippen molar-refractivity contribution >= 4 is 29.6 Å². The third kappa shape index (κ3) is 3.92. The Hall–Kier alpha value is -1.81. The first kappa shape index (κ1) is 13.3. The maximum atomic E-state index is 11.2. The third-order valence-electron chi connectivity index (χ3n) is 2.00. The van der Waals surface area contributed by atoms with Crippen LogP contribution in [0.5, 0.6) is 0 Å². The second-order valence-electron chi connectivity index (χ2n) is 3.23. The van der Waals surface area contributed by atoms with Crippen LogP contribution < -0.4 is 0 Å². The molecule has 90 valence electrons. The fourth-order valence-electron chi connectivity index (χ4n) is 1.21. The van der Waals surface area contributed by atoms with Crippen molar-refractivity contribution in [3.63, 3.8) is 0 Å². The number of carboxylic acid groups (broad SMARTS) is 1. The summed E-state index contributed by atoms with van der Waals surface area (Å²) in [4.78, 5) is 21.5. The van der Waals surface area contributed by atoms with Crippen molar-refractivity contribution in [3.8, 4) is 0 Å². The Balaban J connectivity index is 2.85. The van der Waals surface area contributed by atoms with E-state index in [4.69, 9.17) is 16.7 Å². The highest BCUT2D eigenvalue weighted by Gasteiger charge is 2.09. The number of hydrogen-bond acceptors (Lipinski definition) is 3. The molecule has 1 N–H and O–H groups in total. The van der Waals surface area contributed by atoms with E-state index in [9.17, 15) is 9.59 Å². The monoisotopic (exact) mass is 254 g/mol. The number of carbonyl (C=O) groups is 2. The van der Waals surface area contributed by atoms with Crippen molar-refractivity contribution in [3.05, 3.63) is 40.4 Å². The van der Waals surface area contributed by atoms with Crippen molar-refractivity contribution in [2.45, 2.75) is 6.42 Å². The average Bonchev–Trinajstić information content (AvgIpc) is 2.28. The molecule has 0 atom stereocenters. The topological polar surface area (TPSA) is 63.6 Å². The lowest BCUT2D eigenvalue weighted by atomic mass is 10.1. The third-order valence-corrected chi connectivity index (χ3v) is 2.31. The lowest BCUT2D eigenvalue weighted by Gasteiger charge is -2.02. The fraction of sp³-hybridized carbons (Fsp3) is 0.167. The van der Waals surface area contributed by atoms with Crippen LogP contribution >= 0.6 is 11.6 Å². The zero-order valence-electron chi connectivity index (χ0n) is 9.14. The predicted molar refractivity (Wildman–Crippen MR) is 64.1 cm³/mol. The Bertz CT molecular complexity index is 466. The smallest absolute Gasteiger partial charge is 0.339 e. The minimum absolute atomic E-state index is 0.0592. The van der Waals surface area contributed by atoms with Gasteiger partial charge in [0.05, 0.1) is 24.1 Å². The number of ether oxygens (including phenoxy) is 1. The molecule has 0 amide bonds. The normalized spacial score (nSPS) is 10.5. The van der Waals surface area contributed by atoms with Gasteiger partial charge in [0, 0.05) is 0 Å². The van der Waals surface area contributed by atoms with Gasteiger partial charge in [-0.1, -0.05) is 29.8 Å². The summed E-state index contributed by atoms with van der Waals surface area (Å²) in [5.74, 6) is -1.41. The Labute approximate surface area is 103 Å². The number of carboxylic acids is 1. The molecular formula is C12H11ClO4. The van der Waals surface area contributed by atoms with Crippen LogP contribution in [0.4, 0.5) is 0 Å². The summed E-state index contributed by atoms with van der Waals surface area (Å²) in [6.45, 7) is 0. The number of methoxy groups -OCH3 is 1. The van der Waals surface area contributed by atoms with Crippen LogP contribution in [0, 0.1) is 0 Å². The summed E-state index contributed by atoms with van der Waals surface area (Å²) < 4.78 is 4.55. The van der Waals surface area contributed by atoms with Gasteiger partial charge < -0.3 is 9.84 Å². The molecule has 0 saturated carbocycles. The van der Waals surface area contributed by atoms with Crippen LogP contribution in [0.15, 0.2) is 24.3 Å². The van der Waals surface area contributed by atoms with Crippen LogP contribution in [-0.4, -0.2) is 24.2 Å². The molecule has 1 aromatic carbocycles. The molecule has 1 rings (SSSR count). The van der Waals surface area contributed by atoms with Gasteiger partial charge in [-0.05, 0) is 17.7 Å². The molecule has 0 fully saturated rings. The highest BCUT2D eigenvalue weighted by molar-refractivity contribution is 6.33. The second kappa shape index (κ2) is 6.06. The Morgan fingerprint density at radius 2 is 2.18 bits per heavy atom. The number of halogens is 1. The van der Waals surface area contributed by atoms with E-state index in [0.29, 0.717) is 0 Å². The van der Waals surface area contributed by atoms with Crippen molar-refractivity contribution in [2.75, 3.05) is 7.11 Å². The van der Waals surface area contributed by atoms with E-state index < -0.39 is 11.9 Å². The quantitative estimate of drug-likeness (QED) is 0.839. The molecule has 0 spiro atoms. The second-order valence-corrected chi connectivity index (χ2v) is 3.64. The van der Waals surface area contributed by atoms with E-state index >= 15 is 0 Å². The molecule has 0 saturated heterocycles. The van der Waals surface area contributed by atoms with Crippen LogP contribution in [0.25, 0.3) is 6.08 Å². The van der Waals surface area contributed by atoms with Gasteiger partial charge in [-0.15, -0.1) is 0 Å². The van der Waals surface area contributed by atoms with Gasteiger partial charge in [0.2, 0.25) is 0 Å². The molecule has 0 bridgehead atoms. The van der Waals surface area contributed by atoms with E-state index in [1.165, 1.54) is 19.3 Å². The lowest BCUT2D eigenvalue weighted by molar-refractivity contribution is -0.135. The molecule has 0 aliphatic rings. The summed E-state index contributed by atoms with van der Waals surface area (Å²) in [5.41, 5.74) is 1.01. The number of benzene rings is 1. The summed E-state index contributed by atoms with van der Waals surface area (Å²) in [6, 6.07) is 4.78. The molecule has 0 radical (unpaired) electrons. The maximum Gasteiger partial charge on any atom is 0.339 e. The zero-order chi connectivity index (χ0) is 12.8. The van der Waals surface area contributed by atoms with Gasteiger partial charge in [0.1, 0.15) is 0 Å². The Kier molecular flexibility index (Phi) is 4.72. The predicted octanol–water partition coefficient (Wildman–Crippen LogP) is 2.61. The highest BCUT2D eigenvalue weighted by Crippen LogP contribution is 2.19. The zero-order valence-corrected chi connectivity index (χ0v) is 9.90. The summed E-state index contributed by atoms with van der Waals surface area (Å²) in [6.07, 6.45) is 3.07. The number of esters is 1. The van der Waals surface area contributed by atoms with Crippen LogP contribution in [0.2, 0.25) is 5.02 Å². The average molecular weight is 255 g/mol. The molecular weight excluding hydrogens is 244 g/mol. The number of carbonyl (C=O) groups excluding carboxylic acids is 1. The van der Waals surface area contributed by atoms with Crippen molar-refractivity contribution < 1.29 is 19.4 Å². The summed E-state index contributed by atoms with van der Waals surface area (Å²) >= 11 is 5.89. The Morgan fingerprint density at radius 1 is 1.47 bits per heavy atom. The van der Waals surface area contributed by atoms with Crippen molar-refractivity contribution in [2.24, 2.45) is 0 Å². The minimum atomic E-state index is -0.904. The summed E-state index contributed by atoms with van der Waals surface area (Å²) in [7, 11) is 1.28. The van der Waals surface area contributed by atoms with Gasteiger partial charge in [0.25, 0.3) is 0 Å². The molecule has 1 aromatic rings. The minimum Gasteiger partial charge on any atom is -0.481 e. The van der Waals surface area contributed by atoms with Gasteiger partial charge in [-0.2, -0.15) is 0 Å². The van der Waals surface area contributed by atoms with Crippen molar-refractivity contribution in [1.29, 1.82) is 0 Å². The van der Waals surface area contributed by atoms with Gasteiger partial charge >= 0.3 is 11.9 Å². The highest BCUT2D eigenvalue weighted by atomic mass is 35.5. The first-order valence-corrected chi connectivity index (χ1v) is 5.18. The van der Waals surface area contributed by atoms with Crippen LogP contribution in [0.3, 0.4) is 0 Å². The van der Waals surface area contributed by atoms with Crippen LogP contribution in [-0.2, 0) is 9.53 Å². The molecule has 0 heterocycles. The number of rotatable bonds is 4.